The van der Waals surface area contributed by atoms with Gasteiger partial charge in [0.05, 0.1) is 18.8 Å². The molecule has 0 fully saturated rings. The molecule has 2 aromatic carbocycles. The van der Waals surface area contributed by atoms with Crippen LogP contribution in [0.4, 0.5) is 10.2 Å². The lowest BCUT2D eigenvalue weighted by Gasteiger charge is -2.07. The van der Waals surface area contributed by atoms with Crippen LogP contribution in [0.2, 0.25) is 10.0 Å². The highest BCUT2D eigenvalue weighted by Gasteiger charge is 2.13. The van der Waals surface area contributed by atoms with Crippen molar-refractivity contribution in [3.8, 4) is 5.75 Å². The minimum atomic E-state index is -0.378. The van der Waals surface area contributed by atoms with Gasteiger partial charge in [-0.1, -0.05) is 23.2 Å². The molecule has 1 amide bonds. The van der Waals surface area contributed by atoms with Crippen LogP contribution in [-0.2, 0) is 0 Å². The van der Waals surface area contributed by atoms with E-state index in [0.29, 0.717) is 52.0 Å². The number of unbranched alkanes of at least 4 members (excludes halogenated alkanes) is 1. The summed E-state index contributed by atoms with van der Waals surface area (Å²) in [6.45, 7) is 0.0732. The van der Waals surface area contributed by atoms with Crippen LogP contribution >= 0.6 is 23.2 Å². The van der Waals surface area contributed by atoms with Crippen molar-refractivity contribution >= 4 is 45.8 Å². The molecule has 0 spiro atoms. The van der Waals surface area contributed by atoms with Gasteiger partial charge in [-0.05, 0) is 49.2 Å². The summed E-state index contributed by atoms with van der Waals surface area (Å²) in [6, 6.07) is 9.97. The Hall–Kier alpha value is -2.31. The van der Waals surface area contributed by atoms with E-state index in [1.807, 2.05) is 0 Å². The van der Waals surface area contributed by atoms with Crippen LogP contribution in [0.5, 0.6) is 5.75 Å². The molecule has 0 aliphatic carbocycles. The van der Waals surface area contributed by atoms with E-state index in [1.54, 1.807) is 24.3 Å². The number of alkyl halides is 1. The summed E-state index contributed by atoms with van der Waals surface area (Å²) in [6.07, 6.45) is 1.11. The molecule has 0 aliphatic rings. The Morgan fingerprint density at radius 3 is 2.65 bits per heavy atom. The first-order chi connectivity index (χ1) is 12.6. The van der Waals surface area contributed by atoms with E-state index < -0.39 is 0 Å². The zero-order valence-corrected chi connectivity index (χ0v) is 15.2. The zero-order chi connectivity index (χ0) is 18.5. The number of nitrogens with one attached hydrogen (secondary N) is 2. The smallest absolute Gasteiger partial charge is 0.256 e. The Bertz CT molecular complexity index is 910. The molecule has 0 saturated heterocycles. The molecule has 26 heavy (non-hydrogen) atoms. The molecule has 136 valence electrons. The minimum absolute atomic E-state index is 0.331. The summed E-state index contributed by atoms with van der Waals surface area (Å²) in [4.78, 5) is 12.4. The number of nitrogens with zero attached hydrogens (tertiary/aromatic N) is 1. The van der Waals surface area contributed by atoms with Crippen LogP contribution in [0.15, 0.2) is 36.4 Å². The second-order valence-corrected chi connectivity index (χ2v) is 6.51. The lowest BCUT2D eigenvalue weighted by molar-refractivity contribution is 0.102. The second-order valence-electron chi connectivity index (χ2n) is 5.64. The molecular formula is C18H16Cl2FN3O2. The molecule has 3 aromatic rings. The first-order valence-corrected chi connectivity index (χ1v) is 8.77. The van der Waals surface area contributed by atoms with Gasteiger partial charge in [-0.15, -0.1) is 0 Å². The van der Waals surface area contributed by atoms with Crippen molar-refractivity contribution in [3.05, 3.63) is 52.0 Å². The van der Waals surface area contributed by atoms with Crippen LogP contribution in [0.1, 0.15) is 23.2 Å². The molecule has 1 heterocycles. The van der Waals surface area contributed by atoms with Crippen molar-refractivity contribution in [2.75, 3.05) is 18.6 Å². The topological polar surface area (TPSA) is 67.0 Å². The van der Waals surface area contributed by atoms with E-state index in [2.05, 4.69) is 15.5 Å². The maximum atomic E-state index is 12.4. The summed E-state index contributed by atoms with van der Waals surface area (Å²) >= 11 is 11.9. The number of carbonyl (C=O) groups is 1. The van der Waals surface area contributed by atoms with Gasteiger partial charge in [-0.2, -0.15) is 5.10 Å². The SMILES string of the molecule is O=C(Nc1n[nH]c2ccc(OCCCCF)cc12)c1cc(Cl)cc(Cl)c1. The van der Waals surface area contributed by atoms with E-state index in [4.69, 9.17) is 27.9 Å². The van der Waals surface area contributed by atoms with Gasteiger partial charge in [0.1, 0.15) is 5.75 Å². The first-order valence-electron chi connectivity index (χ1n) is 8.01. The third-order valence-electron chi connectivity index (χ3n) is 3.69. The van der Waals surface area contributed by atoms with Gasteiger partial charge >= 0.3 is 0 Å². The number of hydrogen-bond acceptors (Lipinski definition) is 3. The van der Waals surface area contributed by atoms with Crippen LogP contribution in [0.3, 0.4) is 0 Å². The van der Waals surface area contributed by atoms with E-state index in [9.17, 15) is 9.18 Å². The lowest BCUT2D eigenvalue weighted by atomic mass is 10.2. The molecule has 1 aromatic heterocycles. The summed E-state index contributed by atoms with van der Waals surface area (Å²) in [5.74, 6) is 0.617. The quantitative estimate of drug-likeness (QED) is 0.536. The molecule has 0 radical (unpaired) electrons. The summed E-state index contributed by atoms with van der Waals surface area (Å²) in [7, 11) is 0. The molecule has 5 nitrogen and oxygen atoms in total. The molecule has 0 saturated carbocycles. The van der Waals surface area contributed by atoms with Gasteiger partial charge in [0.25, 0.3) is 5.91 Å². The molecule has 8 heteroatoms. The van der Waals surface area contributed by atoms with E-state index in [-0.39, 0.29) is 12.6 Å². The minimum Gasteiger partial charge on any atom is -0.494 e. The molecular weight excluding hydrogens is 380 g/mol. The molecule has 2 N–H and O–H groups in total. The Labute approximate surface area is 159 Å². The highest BCUT2D eigenvalue weighted by atomic mass is 35.5. The van der Waals surface area contributed by atoms with Crippen LogP contribution in [0, 0.1) is 0 Å². The van der Waals surface area contributed by atoms with Gasteiger partial charge in [0.15, 0.2) is 5.82 Å². The average molecular weight is 396 g/mol. The van der Waals surface area contributed by atoms with Gasteiger partial charge in [0.2, 0.25) is 0 Å². The Balaban J connectivity index is 1.77. The monoisotopic (exact) mass is 395 g/mol. The zero-order valence-electron chi connectivity index (χ0n) is 13.7. The third kappa shape index (κ3) is 4.45. The maximum Gasteiger partial charge on any atom is 0.256 e. The fourth-order valence-electron chi connectivity index (χ4n) is 2.43. The Morgan fingerprint density at radius 2 is 1.92 bits per heavy atom. The fraction of sp³-hybridized carbons (Fsp3) is 0.222. The fourth-order valence-corrected chi connectivity index (χ4v) is 2.96. The van der Waals surface area contributed by atoms with Crippen molar-refractivity contribution in [3.63, 3.8) is 0 Å². The summed E-state index contributed by atoms with van der Waals surface area (Å²) < 4.78 is 17.7. The second kappa shape index (κ2) is 8.38. The number of hydrogen-bond donors (Lipinski definition) is 2. The van der Waals surface area contributed by atoms with Crippen molar-refractivity contribution in [2.45, 2.75) is 12.8 Å². The van der Waals surface area contributed by atoms with Crippen LogP contribution in [0.25, 0.3) is 10.9 Å². The van der Waals surface area contributed by atoms with Crippen LogP contribution < -0.4 is 10.1 Å². The summed E-state index contributed by atoms with van der Waals surface area (Å²) in [5.41, 5.74) is 1.08. The first kappa shape index (κ1) is 18.5. The number of halogens is 3. The summed E-state index contributed by atoms with van der Waals surface area (Å²) in [5, 5.41) is 11.2. The van der Waals surface area contributed by atoms with Gasteiger partial charge in [-0.3, -0.25) is 14.3 Å². The van der Waals surface area contributed by atoms with E-state index >= 15 is 0 Å². The molecule has 0 aliphatic heterocycles. The standard InChI is InChI=1S/C18H16Cl2FN3O2/c19-12-7-11(8-13(20)9-12)18(25)22-17-15-10-14(26-6-2-1-5-21)3-4-16(15)23-24-17/h3-4,7-10H,1-2,5-6H2,(H2,22,23,24,25). The third-order valence-corrected chi connectivity index (χ3v) is 4.12. The van der Waals surface area contributed by atoms with Crippen LogP contribution in [-0.4, -0.2) is 29.4 Å². The number of fused-ring (bicyclic) bond motifs is 1. The number of benzene rings is 2. The highest BCUT2D eigenvalue weighted by Crippen LogP contribution is 2.26. The highest BCUT2D eigenvalue weighted by molar-refractivity contribution is 6.35. The number of rotatable bonds is 7. The normalized spacial score (nSPS) is 10.9. The Morgan fingerprint density at radius 1 is 1.15 bits per heavy atom. The number of aromatic nitrogens is 2. The maximum absolute atomic E-state index is 12.4. The van der Waals surface area contributed by atoms with E-state index in [1.165, 1.54) is 12.1 Å². The molecule has 0 atom stereocenters. The molecule has 0 bridgehead atoms. The number of anilines is 1. The molecule has 0 unspecified atom stereocenters. The van der Waals surface area contributed by atoms with Crippen molar-refractivity contribution < 1.29 is 13.9 Å². The van der Waals surface area contributed by atoms with E-state index in [0.717, 1.165) is 5.52 Å². The predicted molar refractivity (Wildman–Crippen MR) is 101 cm³/mol. The van der Waals surface area contributed by atoms with Gasteiger partial charge in [0, 0.05) is 21.0 Å². The number of H-pyrrole nitrogens is 1. The Kier molecular flexibility index (Phi) is 5.96. The van der Waals surface area contributed by atoms with Crippen molar-refractivity contribution in [2.24, 2.45) is 0 Å². The van der Waals surface area contributed by atoms with Gasteiger partial charge < -0.3 is 10.1 Å². The van der Waals surface area contributed by atoms with Crippen molar-refractivity contribution in [1.82, 2.24) is 10.2 Å². The average Bonchev–Trinajstić information content (AvgIpc) is 3.00. The van der Waals surface area contributed by atoms with Crippen molar-refractivity contribution in [1.29, 1.82) is 0 Å². The van der Waals surface area contributed by atoms with Gasteiger partial charge in [-0.25, -0.2) is 0 Å². The molecule has 3 rings (SSSR count). The number of ether oxygens (including phenoxy) is 1. The largest absolute Gasteiger partial charge is 0.494 e. The lowest BCUT2D eigenvalue weighted by Crippen LogP contribution is -2.12. The number of carbonyl (C=O) groups excluding carboxylic acids is 1. The predicted octanol–water partition coefficient (Wildman–Crippen LogP) is 5.25. The number of aromatic amines is 1. The number of amides is 1.